The maximum absolute atomic E-state index is 10.0. The summed E-state index contributed by atoms with van der Waals surface area (Å²) in [4.78, 5) is 2.23. The van der Waals surface area contributed by atoms with Crippen LogP contribution in [0.4, 0.5) is 0 Å². The summed E-state index contributed by atoms with van der Waals surface area (Å²) in [6, 6.07) is 12.3. The van der Waals surface area contributed by atoms with Gasteiger partial charge in [0.1, 0.15) is 5.75 Å². The molecule has 1 N–H and O–H groups in total. The van der Waals surface area contributed by atoms with E-state index >= 15 is 0 Å². The second-order valence-corrected chi connectivity index (χ2v) is 6.00. The Hall–Kier alpha value is -1.45. The van der Waals surface area contributed by atoms with E-state index in [-0.39, 0.29) is 0 Å². The minimum Gasteiger partial charge on any atom is -0.496 e. The van der Waals surface area contributed by atoms with E-state index in [0.29, 0.717) is 0 Å². The highest BCUT2D eigenvalue weighted by Gasteiger charge is 2.15. The van der Waals surface area contributed by atoms with Gasteiger partial charge >= 0.3 is 0 Å². The SMILES string of the molecule is COc1cccc(Sc2ccc(C)cc2C)c1C(C)O. The van der Waals surface area contributed by atoms with Gasteiger partial charge in [-0.05, 0) is 44.5 Å². The first-order chi connectivity index (χ1) is 9.52. The molecule has 0 aliphatic rings. The van der Waals surface area contributed by atoms with E-state index < -0.39 is 6.10 Å². The van der Waals surface area contributed by atoms with Crippen LogP contribution < -0.4 is 4.74 Å². The van der Waals surface area contributed by atoms with Crippen molar-refractivity contribution in [3.63, 3.8) is 0 Å². The molecule has 0 aliphatic carbocycles. The molecule has 1 unspecified atom stereocenters. The van der Waals surface area contributed by atoms with Gasteiger partial charge in [-0.1, -0.05) is 35.5 Å². The van der Waals surface area contributed by atoms with Crippen molar-refractivity contribution in [3.05, 3.63) is 53.1 Å². The number of aryl methyl sites for hydroxylation is 2. The molecule has 0 aromatic heterocycles. The largest absolute Gasteiger partial charge is 0.496 e. The predicted molar refractivity (Wildman–Crippen MR) is 83.7 cm³/mol. The lowest BCUT2D eigenvalue weighted by atomic mass is 10.1. The van der Waals surface area contributed by atoms with Gasteiger partial charge in [0.15, 0.2) is 0 Å². The van der Waals surface area contributed by atoms with Crippen LogP contribution in [0.15, 0.2) is 46.2 Å². The molecule has 2 rings (SSSR count). The van der Waals surface area contributed by atoms with Crippen molar-refractivity contribution in [2.45, 2.75) is 36.7 Å². The number of aliphatic hydroxyl groups excluding tert-OH is 1. The normalized spacial score (nSPS) is 12.2. The molecule has 0 fully saturated rings. The van der Waals surface area contributed by atoms with Crippen LogP contribution >= 0.6 is 11.8 Å². The maximum atomic E-state index is 10.0. The summed E-state index contributed by atoms with van der Waals surface area (Å²) in [6.07, 6.45) is -0.556. The molecule has 106 valence electrons. The zero-order valence-electron chi connectivity index (χ0n) is 12.3. The van der Waals surface area contributed by atoms with Gasteiger partial charge in [-0.2, -0.15) is 0 Å². The van der Waals surface area contributed by atoms with Crippen molar-refractivity contribution < 1.29 is 9.84 Å². The van der Waals surface area contributed by atoms with Gasteiger partial charge in [0, 0.05) is 15.4 Å². The molecule has 2 aromatic rings. The Balaban J connectivity index is 2.43. The molecule has 0 spiro atoms. The molecular formula is C17H20O2S. The van der Waals surface area contributed by atoms with Crippen LogP contribution in [0, 0.1) is 13.8 Å². The Morgan fingerprint density at radius 2 is 1.85 bits per heavy atom. The summed E-state index contributed by atoms with van der Waals surface area (Å²) >= 11 is 1.67. The van der Waals surface area contributed by atoms with Gasteiger partial charge in [-0.25, -0.2) is 0 Å². The lowest BCUT2D eigenvalue weighted by molar-refractivity contribution is 0.191. The Labute approximate surface area is 124 Å². The molecule has 0 aliphatic heterocycles. The molecule has 0 saturated heterocycles. The number of methoxy groups -OCH3 is 1. The van der Waals surface area contributed by atoms with Gasteiger partial charge in [0.25, 0.3) is 0 Å². The molecular weight excluding hydrogens is 268 g/mol. The molecule has 0 saturated carbocycles. The minimum absolute atomic E-state index is 0.556. The Morgan fingerprint density at radius 3 is 2.45 bits per heavy atom. The van der Waals surface area contributed by atoms with Gasteiger partial charge in [-0.3, -0.25) is 0 Å². The monoisotopic (exact) mass is 288 g/mol. The van der Waals surface area contributed by atoms with E-state index in [2.05, 4.69) is 32.0 Å². The van der Waals surface area contributed by atoms with E-state index in [1.54, 1.807) is 25.8 Å². The topological polar surface area (TPSA) is 29.5 Å². The van der Waals surface area contributed by atoms with Crippen molar-refractivity contribution in [1.29, 1.82) is 0 Å². The molecule has 0 amide bonds. The van der Waals surface area contributed by atoms with E-state index in [4.69, 9.17) is 4.74 Å². The number of aliphatic hydroxyl groups is 1. The average molecular weight is 288 g/mol. The van der Waals surface area contributed by atoms with E-state index in [9.17, 15) is 5.11 Å². The first-order valence-corrected chi connectivity index (χ1v) is 7.44. The zero-order chi connectivity index (χ0) is 14.7. The van der Waals surface area contributed by atoms with E-state index in [1.165, 1.54) is 16.0 Å². The van der Waals surface area contributed by atoms with Gasteiger partial charge in [0.2, 0.25) is 0 Å². The average Bonchev–Trinajstić information content (AvgIpc) is 2.41. The molecule has 2 aromatic carbocycles. The Kier molecular flexibility index (Phi) is 4.73. The van der Waals surface area contributed by atoms with Crippen molar-refractivity contribution in [3.8, 4) is 5.75 Å². The summed E-state index contributed by atoms with van der Waals surface area (Å²) in [5, 5.41) is 10.0. The first kappa shape index (κ1) is 14.9. The molecule has 3 heteroatoms. The minimum atomic E-state index is -0.556. The van der Waals surface area contributed by atoms with Crippen LogP contribution in [-0.2, 0) is 0 Å². The molecule has 0 bridgehead atoms. The van der Waals surface area contributed by atoms with Crippen molar-refractivity contribution in [2.75, 3.05) is 7.11 Å². The number of benzene rings is 2. The van der Waals surface area contributed by atoms with E-state index in [0.717, 1.165) is 16.2 Å². The third-order valence-corrected chi connectivity index (χ3v) is 4.47. The van der Waals surface area contributed by atoms with Crippen LogP contribution in [0.5, 0.6) is 5.75 Å². The number of rotatable bonds is 4. The van der Waals surface area contributed by atoms with Crippen LogP contribution in [0.3, 0.4) is 0 Å². The van der Waals surface area contributed by atoms with E-state index in [1.807, 2.05) is 18.2 Å². The van der Waals surface area contributed by atoms with Crippen LogP contribution in [0.2, 0.25) is 0 Å². The summed E-state index contributed by atoms with van der Waals surface area (Å²) in [5.74, 6) is 0.731. The van der Waals surface area contributed by atoms with Gasteiger partial charge in [0.05, 0.1) is 13.2 Å². The van der Waals surface area contributed by atoms with Crippen molar-refractivity contribution >= 4 is 11.8 Å². The van der Waals surface area contributed by atoms with Gasteiger partial charge in [-0.15, -0.1) is 0 Å². The zero-order valence-corrected chi connectivity index (χ0v) is 13.1. The van der Waals surface area contributed by atoms with Crippen LogP contribution in [-0.4, -0.2) is 12.2 Å². The fraction of sp³-hybridized carbons (Fsp3) is 0.294. The molecule has 20 heavy (non-hydrogen) atoms. The Morgan fingerprint density at radius 1 is 1.10 bits per heavy atom. The summed E-state index contributed by atoms with van der Waals surface area (Å²) in [6.45, 7) is 5.97. The Bertz CT molecular complexity index is 606. The third-order valence-electron chi connectivity index (χ3n) is 3.21. The number of hydrogen-bond donors (Lipinski definition) is 1. The van der Waals surface area contributed by atoms with Crippen LogP contribution in [0.25, 0.3) is 0 Å². The molecule has 1 atom stereocenters. The maximum Gasteiger partial charge on any atom is 0.125 e. The summed E-state index contributed by atoms with van der Waals surface area (Å²) < 4.78 is 5.36. The highest BCUT2D eigenvalue weighted by atomic mass is 32.2. The lowest BCUT2D eigenvalue weighted by Crippen LogP contribution is -1.99. The quantitative estimate of drug-likeness (QED) is 0.897. The predicted octanol–water partition coefficient (Wildman–Crippen LogP) is 4.52. The lowest BCUT2D eigenvalue weighted by Gasteiger charge is -2.16. The molecule has 0 heterocycles. The standard InChI is InChI=1S/C17H20O2S/c1-11-8-9-15(12(2)10-11)20-16-7-5-6-14(19-4)17(16)13(3)18/h5-10,13,18H,1-4H3. The second kappa shape index (κ2) is 6.33. The number of hydrogen-bond acceptors (Lipinski definition) is 3. The van der Waals surface area contributed by atoms with Crippen molar-refractivity contribution in [1.82, 2.24) is 0 Å². The number of ether oxygens (including phenoxy) is 1. The fourth-order valence-electron chi connectivity index (χ4n) is 2.23. The molecule has 2 nitrogen and oxygen atoms in total. The summed E-state index contributed by atoms with van der Waals surface area (Å²) in [7, 11) is 1.63. The summed E-state index contributed by atoms with van der Waals surface area (Å²) in [5.41, 5.74) is 3.35. The smallest absolute Gasteiger partial charge is 0.125 e. The van der Waals surface area contributed by atoms with Gasteiger partial charge < -0.3 is 9.84 Å². The molecule has 0 radical (unpaired) electrons. The third kappa shape index (κ3) is 3.17. The first-order valence-electron chi connectivity index (χ1n) is 6.63. The van der Waals surface area contributed by atoms with Crippen molar-refractivity contribution in [2.24, 2.45) is 0 Å². The highest BCUT2D eigenvalue weighted by Crippen LogP contribution is 2.39. The fourth-order valence-corrected chi connectivity index (χ4v) is 3.36. The second-order valence-electron chi connectivity index (χ2n) is 4.92. The highest BCUT2D eigenvalue weighted by molar-refractivity contribution is 7.99. The van der Waals surface area contributed by atoms with Crippen LogP contribution in [0.1, 0.15) is 29.7 Å².